The molecule has 0 saturated carbocycles. The number of carbonyl (C=O) groups excluding carboxylic acids is 1. The van der Waals surface area contributed by atoms with Crippen LogP contribution in [-0.4, -0.2) is 44.8 Å². The Hall–Kier alpha value is -3.93. The Morgan fingerprint density at radius 3 is 2.30 bits per heavy atom. The second-order valence-corrected chi connectivity index (χ2v) is 12.3. The zero-order chi connectivity index (χ0) is 29.0. The number of anilines is 2. The van der Waals surface area contributed by atoms with Gasteiger partial charge in [0.2, 0.25) is 10.0 Å². The highest BCUT2D eigenvalue weighted by Gasteiger charge is 2.37. The number of hydrogen-bond acceptors (Lipinski definition) is 7. The molecular weight excluding hydrogens is 530 g/mol. The van der Waals surface area contributed by atoms with E-state index in [-0.39, 0.29) is 10.7 Å². The predicted molar refractivity (Wildman–Crippen MR) is 156 cm³/mol. The molecule has 3 aromatic carbocycles. The highest BCUT2D eigenvalue weighted by atomic mass is 32.2. The number of nitrogens with one attached hydrogen (secondary N) is 4. The first-order valence-electron chi connectivity index (χ1n) is 12.9. The van der Waals surface area contributed by atoms with Crippen LogP contribution in [0.25, 0.3) is 11.1 Å². The number of carbonyl (C=O) groups is 1. The topological polar surface area (TPSA) is 156 Å². The van der Waals surface area contributed by atoms with E-state index in [9.17, 15) is 13.2 Å². The number of nitrogens with two attached hydrogens (primary N) is 1. The molecule has 0 aromatic heterocycles. The van der Waals surface area contributed by atoms with E-state index in [0.717, 1.165) is 0 Å². The molecule has 10 nitrogen and oxygen atoms in total. The quantitative estimate of drug-likeness (QED) is 0.148. The van der Waals surface area contributed by atoms with Gasteiger partial charge in [0.15, 0.2) is 5.72 Å². The molecule has 1 heterocycles. The first kappa shape index (κ1) is 29.1. The van der Waals surface area contributed by atoms with E-state index in [1.165, 1.54) is 0 Å². The average Bonchev–Trinajstić information content (AvgIpc) is 2.88. The van der Waals surface area contributed by atoms with Gasteiger partial charge in [-0.15, -0.1) is 0 Å². The van der Waals surface area contributed by atoms with E-state index in [1.54, 1.807) is 87.5 Å². The maximum atomic E-state index is 13.0. The molecule has 6 N–H and O–H groups in total. The monoisotopic (exact) mass is 565 g/mol. The lowest BCUT2D eigenvalue weighted by Gasteiger charge is -2.38. The summed E-state index contributed by atoms with van der Waals surface area (Å²) in [6.45, 7) is 6.18. The van der Waals surface area contributed by atoms with Crippen molar-refractivity contribution in [2.45, 2.75) is 49.8 Å². The van der Waals surface area contributed by atoms with Crippen LogP contribution in [0.4, 0.5) is 16.2 Å². The van der Waals surface area contributed by atoms with E-state index in [0.29, 0.717) is 54.1 Å². The van der Waals surface area contributed by atoms with Crippen molar-refractivity contribution in [3.05, 3.63) is 78.4 Å². The Labute approximate surface area is 234 Å². The van der Waals surface area contributed by atoms with E-state index < -0.39 is 27.4 Å². The molecule has 0 unspecified atom stereocenters. The number of rotatable bonds is 8. The maximum Gasteiger partial charge on any atom is 0.413 e. The highest BCUT2D eigenvalue weighted by Crippen LogP contribution is 2.31. The third kappa shape index (κ3) is 7.38. The largest absolute Gasteiger partial charge is 0.423 e. The van der Waals surface area contributed by atoms with Crippen LogP contribution >= 0.6 is 0 Å². The van der Waals surface area contributed by atoms with Crippen molar-refractivity contribution in [3.63, 3.8) is 0 Å². The van der Waals surface area contributed by atoms with E-state index in [4.69, 9.17) is 20.6 Å². The second-order valence-electron chi connectivity index (χ2n) is 10.7. The lowest BCUT2D eigenvalue weighted by Crippen LogP contribution is -2.48. The van der Waals surface area contributed by atoms with E-state index in [2.05, 4.69) is 15.4 Å². The number of ether oxygens (including phenoxy) is 2. The van der Waals surface area contributed by atoms with Crippen LogP contribution in [0.1, 0.15) is 39.2 Å². The fraction of sp³-hybridized carbons (Fsp3) is 0.310. The molecule has 40 heavy (non-hydrogen) atoms. The summed E-state index contributed by atoms with van der Waals surface area (Å²) in [7, 11) is -3.76. The van der Waals surface area contributed by atoms with Gasteiger partial charge in [-0.05, 0) is 56.7 Å². The Morgan fingerprint density at radius 2 is 1.65 bits per heavy atom. The van der Waals surface area contributed by atoms with Crippen molar-refractivity contribution in [1.82, 2.24) is 4.72 Å². The number of nitrogen functional groups attached to an aromatic ring is 1. The van der Waals surface area contributed by atoms with Gasteiger partial charge in [-0.3, -0.25) is 10.7 Å². The molecule has 11 heteroatoms. The van der Waals surface area contributed by atoms with Gasteiger partial charge in [-0.2, -0.15) is 0 Å². The van der Waals surface area contributed by atoms with Gasteiger partial charge in [0.1, 0.15) is 5.84 Å². The van der Waals surface area contributed by atoms with Crippen LogP contribution in [0.2, 0.25) is 0 Å². The lowest BCUT2D eigenvalue weighted by molar-refractivity contribution is -0.0495. The molecule has 1 aliphatic rings. The maximum absolute atomic E-state index is 13.0. The molecule has 0 aliphatic carbocycles. The zero-order valence-electron chi connectivity index (χ0n) is 22.8. The van der Waals surface area contributed by atoms with Gasteiger partial charge in [0.05, 0.1) is 18.1 Å². The molecule has 3 aromatic rings. The van der Waals surface area contributed by atoms with Crippen molar-refractivity contribution in [2.24, 2.45) is 5.73 Å². The number of hydrogen-bond donors (Lipinski definition) is 5. The minimum atomic E-state index is -3.76. The van der Waals surface area contributed by atoms with Crippen molar-refractivity contribution < 1.29 is 22.7 Å². The van der Waals surface area contributed by atoms with Gasteiger partial charge in [0.25, 0.3) is 0 Å². The first-order chi connectivity index (χ1) is 18.9. The van der Waals surface area contributed by atoms with Gasteiger partial charge in [0, 0.05) is 40.9 Å². The second kappa shape index (κ2) is 11.7. The molecule has 0 atom stereocenters. The smallest absolute Gasteiger partial charge is 0.413 e. The average molecular weight is 566 g/mol. The molecule has 1 amide bonds. The molecule has 0 spiro atoms. The summed E-state index contributed by atoms with van der Waals surface area (Å²) in [6, 6.07) is 20.7. The van der Waals surface area contributed by atoms with Crippen LogP contribution in [0.3, 0.4) is 0 Å². The van der Waals surface area contributed by atoms with Gasteiger partial charge >= 0.3 is 6.09 Å². The predicted octanol–water partition coefficient (Wildman–Crippen LogP) is 4.88. The summed E-state index contributed by atoms with van der Waals surface area (Å²) in [5.74, 6) is -0.0579. The summed E-state index contributed by atoms with van der Waals surface area (Å²) in [5.41, 5.74) is 6.93. The summed E-state index contributed by atoms with van der Waals surface area (Å²) in [6.07, 6.45) is 0.205. The van der Waals surface area contributed by atoms with Crippen molar-refractivity contribution in [3.8, 4) is 11.1 Å². The lowest BCUT2D eigenvalue weighted by atomic mass is 10.0. The molecule has 0 bridgehead atoms. The summed E-state index contributed by atoms with van der Waals surface area (Å²) in [5, 5.41) is 13.7. The molecule has 1 aliphatic heterocycles. The van der Waals surface area contributed by atoms with E-state index >= 15 is 0 Å². The zero-order valence-corrected chi connectivity index (χ0v) is 23.6. The normalized spacial score (nSPS) is 15.2. The fourth-order valence-electron chi connectivity index (χ4n) is 4.43. The molecule has 1 fully saturated rings. The Balaban J connectivity index is 1.49. The number of amides is 1. The Morgan fingerprint density at radius 1 is 0.975 bits per heavy atom. The highest BCUT2D eigenvalue weighted by molar-refractivity contribution is 7.89. The van der Waals surface area contributed by atoms with Gasteiger partial charge in [-0.1, -0.05) is 42.5 Å². The van der Waals surface area contributed by atoms with Crippen molar-refractivity contribution >= 4 is 33.3 Å². The molecule has 0 radical (unpaired) electrons. The molecule has 4 rings (SSSR count). The van der Waals surface area contributed by atoms with Crippen LogP contribution in [0.15, 0.2) is 77.7 Å². The van der Waals surface area contributed by atoms with Gasteiger partial charge in [-0.25, -0.2) is 17.9 Å². The SMILES string of the molecule is CC(C)(C)NS(=O)(=O)c1ccccc1-c1ccc(NC(=O)OC2(Nc3cccc(C(=N)N)c3)CCOCC2)cc1. The summed E-state index contributed by atoms with van der Waals surface area (Å²) < 4.78 is 40.2. The third-order valence-electron chi connectivity index (χ3n) is 6.19. The molecular formula is C29H35N5O5S. The standard InChI is InChI=1S/C29H35N5O5S/c1-28(2,3)34-40(36,37)25-10-5-4-9-24(25)20-11-13-22(14-12-20)32-27(35)39-29(15-17-38-18-16-29)33-23-8-6-7-21(19-23)26(30)31/h4-14,19,33-34H,15-18H2,1-3H3,(H3,30,31)(H,32,35). The molecule has 1 saturated heterocycles. The van der Waals surface area contributed by atoms with Crippen molar-refractivity contribution in [1.29, 1.82) is 5.41 Å². The molecule has 212 valence electrons. The minimum Gasteiger partial charge on any atom is -0.423 e. The Bertz CT molecular complexity index is 1480. The fourth-order valence-corrected chi connectivity index (χ4v) is 6.08. The van der Waals surface area contributed by atoms with Crippen LogP contribution in [-0.2, 0) is 19.5 Å². The van der Waals surface area contributed by atoms with Gasteiger partial charge < -0.3 is 20.5 Å². The third-order valence-corrected chi connectivity index (χ3v) is 8.01. The van der Waals surface area contributed by atoms with Crippen molar-refractivity contribution in [2.75, 3.05) is 23.8 Å². The van der Waals surface area contributed by atoms with E-state index in [1.807, 2.05) is 6.07 Å². The number of benzene rings is 3. The number of sulfonamides is 1. The Kier molecular flexibility index (Phi) is 8.48. The first-order valence-corrected chi connectivity index (χ1v) is 14.4. The van der Waals surface area contributed by atoms with Crippen LogP contribution in [0.5, 0.6) is 0 Å². The van der Waals surface area contributed by atoms with Crippen LogP contribution in [0, 0.1) is 5.41 Å². The summed E-state index contributed by atoms with van der Waals surface area (Å²) >= 11 is 0. The summed E-state index contributed by atoms with van der Waals surface area (Å²) in [4.78, 5) is 13.1. The number of amidine groups is 1. The minimum absolute atomic E-state index is 0.0579. The van der Waals surface area contributed by atoms with Crippen LogP contribution < -0.4 is 21.1 Å².